The van der Waals surface area contributed by atoms with Crippen molar-refractivity contribution in [3.8, 4) is 0 Å². The summed E-state index contributed by atoms with van der Waals surface area (Å²) in [6.45, 7) is 6.58. The van der Waals surface area contributed by atoms with Gasteiger partial charge in [-0.2, -0.15) is 0 Å². The molecular formula is C17H26ClN3O2. The molecule has 2 unspecified atom stereocenters. The Morgan fingerprint density at radius 3 is 2.57 bits per heavy atom. The number of carbonyl (C=O) groups is 2. The first-order valence-corrected chi connectivity index (χ1v) is 7.70. The molecule has 1 aliphatic heterocycles. The minimum absolute atomic E-state index is 0. The van der Waals surface area contributed by atoms with E-state index in [4.69, 9.17) is 5.73 Å². The third kappa shape index (κ3) is 4.69. The minimum Gasteiger partial charge on any atom is -0.350 e. The van der Waals surface area contributed by atoms with E-state index < -0.39 is 5.54 Å². The highest BCUT2D eigenvalue weighted by atomic mass is 35.5. The van der Waals surface area contributed by atoms with Gasteiger partial charge in [0.1, 0.15) is 0 Å². The average Bonchev–Trinajstić information content (AvgIpc) is 2.89. The Balaban J connectivity index is 0.00000264. The fraction of sp³-hybridized carbons (Fsp3) is 0.529. The zero-order chi connectivity index (χ0) is 16.3. The molecule has 3 N–H and O–H groups in total. The fourth-order valence-electron chi connectivity index (χ4n) is 2.68. The second kappa shape index (κ2) is 7.79. The Morgan fingerprint density at radius 1 is 1.39 bits per heavy atom. The molecule has 0 aliphatic carbocycles. The molecule has 2 atom stereocenters. The van der Waals surface area contributed by atoms with Crippen LogP contribution in [0.15, 0.2) is 30.3 Å². The summed E-state index contributed by atoms with van der Waals surface area (Å²) in [5, 5.41) is 2.92. The van der Waals surface area contributed by atoms with E-state index in [2.05, 4.69) is 5.32 Å². The largest absolute Gasteiger partial charge is 0.350 e. The lowest BCUT2D eigenvalue weighted by Crippen LogP contribution is -2.51. The van der Waals surface area contributed by atoms with Crippen LogP contribution >= 0.6 is 12.4 Å². The normalized spacial score (nSPS) is 19.2. The number of likely N-dealkylation sites (tertiary alicyclic amines) is 1. The predicted octanol–water partition coefficient (Wildman–Crippen LogP) is 1.87. The average molecular weight is 340 g/mol. The number of benzene rings is 1. The summed E-state index contributed by atoms with van der Waals surface area (Å²) in [6, 6.07) is 9.86. The monoisotopic (exact) mass is 339 g/mol. The maximum absolute atomic E-state index is 12.3. The van der Waals surface area contributed by atoms with E-state index in [0.717, 1.165) is 5.56 Å². The number of hydrogen-bond donors (Lipinski definition) is 2. The molecular weight excluding hydrogens is 314 g/mol. The molecule has 0 radical (unpaired) electrons. The summed E-state index contributed by atoms with van der Waals surface area (Å²) < 4.78 is 0. The first kappa shape index (κ1) is 19.5. The SMILES string of the molecule is CC(c1ccccc1)N1CC(C(=O)NC(C)(C)CN)CC1=O.Cl. The van der Waals surface area contributed by atoms with Crippen molar-refractivity contribution in [3.63, 3.8) is 0 Å². The molecule has 2 amide bonds. The standard InChI is InChI=1S/C17H25N3O2.ClH/c1-12(13-7-5-4-6-8-13)20-10-14(9-15(20)21)16(22)19-17(2,3)11-18;/h4-8,12,14H,9-11,18H2,1-3H3,(H,19,22);1H. The van der Waals surface area contributed by atoms with Crippen LogP contribution in [0.25, 0.3) is 0 Å². The molecule has 1 saturated heterocycles. The minimum atomic E-state index is -0.446. The summed E-state index contributed by atoms with van der Waals surface area (Å²) in [4.78, 5) is 26.4. The van der Waals surface area contributed by atoms with Gasteiger partial charge in [-0.25, -0.2) is 0 Å². The van der Waals surface area contributed by atoms with Crippen molar-refractivity contribution in [1.29, 1.82) is 0 Å². The molecule has 1 aromatic rings. The Labute approximate surface area is 144 Å². The smallest absolute Gasteiger partial charge is 0.225 e. The van der Waals surface area contributed by atoms with Gasteiger partial charge in [0, 0.05) is 25.0 Å². The van der Waals surface area contributed by atoms with Gasteiger partial charge in [0.2, 0.25) is 11.8 Å². The highest BCUT2D eigenvalue weighted by Gasteiger charge is 2.38. The van der Waals surface area contributed by atoms with Crippen molar-refractivity contribution >= 4 is 24.2 Å². The maximum atomic E-state index is 12.3. The summed E-state index contributed by atoms with van der Waals surface area (Å²) in [5.41, 5.74) is 6.28. The Bertz CT molecular complexity index is 548. The molecule has 0 saturated carbocycles. The van der Waals surface area contributed by atoms with Gasteiger partial charge >= 0.3 is 0 Å². The number of amides is 2. The van der Waals surface area contributed by atoms with Gasteiger partial charge in [-0.3, -0.25) is 9.59 Å². The van der Waals surface area contributed by atoms with Crippen LogP contribution in [-0.2, 0) is 9.59 Å². The van der Waals surface area contributed by atoms with E-state index in [-0.39, 0.29) is 42.6 Å². The van der Waals surface area contributed by atoms with Crippen LogP contribution in [-0.4, -0.2) is 35.3 Å². The van der Waals surface area contributed by atoms with Crippen LogP contribution < -0.4 is 11.1 Å². The molecule has 1 aliphatic rings. The van der Waals surface area contributed by atoms with Gasteiger partial charge in [0.15, 0.2) is 0 Å². The van der Waals surface area contributed by atoms with Gasteiger partial charge in [-0.05, 0) is 26.3 Å². The molecule has 2 rings (SSSR count). The van der Waals surface area contributed by atoms with Crippen molar-refractivity contribution in [3.05, 3.63) is 35.9 Å². The number of nitrogens with two attached hydrogens (primary N) is 1. The Hall–Kier alpha value is -1.59. The Kier molecular flexibility index (Phi) is 6.59. The highest BCUT2D eigenvalue weighted by molar-refractivity contribution is 5.89. The lowest BCUT2D eigenvalue weighted by molar-refractivity contribution is -0.130. The zero-order valence-corrected chi connectivity index (χ0v) is 14.7. The third-order valence-electron chi connectivity index (χ3n) is 4.25. The fourth-order valence-corrected chi connectivity index (χ4v) is 2.68. The van der Waals surface area contributed by atoms with E-state index in [9.17, 15) is 9.59 Å². The third-order valence-corrected chi connectivity index (χ3v) is 4.25. The van der Waals surface area contributed by atoms with E-state index in [0.29, 0.717) is 13.1 Å². The summed E-state index contributed by atoms with van der Waals surface area (Å²) >= 11 is 0. The van der Waals surface area contributed by atoms with E-state index in [1.807, 2.05) is 51.1 Å². The summed E-state index contributed by atoms with van der Waals surface area (Å²) in [5.74, 6) is -0.363. The Morgan fingerprint density at radius 2 is 2.00 bits per heavy atom. The molecule has 0 bridgehead atoms. The lowest BCUT2D eigenvalue weighted by Gasteiger charge is -2.27. The second-order valence-corrected chi connectivity index (χ2v) is 6.61. The predicted molar refractivity (Wildman–Crippen MR) is 93.2 cm³/mol. The van der Waals surface area contributed by atoms with Crippen LogP contribution in [0.3, 0.4) is 0 Å². The van der Waals surface area contributed by atoms with Crippen LogP contribution in [0, 0.1) is 5.92 Å². The summed E-state index contributed by atoms with van der Waals surface area (Å²) in [7, 11) is 0. The highest BCUT2D eigenvalue weighted by Crippen LogP contribution is 2.28. The second-order valence-electron chi connectivity index (χ2n) is 6.61. The van der Waals surface area contributed by atoms with E-state index in [1.165, 1.54) is 0 Å². The van der Waals surface area contributed by atoms with Crippen LogP contribution in [0.4, 0.5) is 0 Å². The van der Waals surface area contributed by atoms with Crippen molar-refractivity contribution < 1.29 is 9.59 Å². The van der Waals surface area contributed by atoms with Gasteiger partial charge in [-0.15, -0.1) is 12.4 Å². The van der Waals surface area contributed by atoms with Crippen LogP contribution in [0.1, 0.15) is 38.8 Å². The zero-order valence-electron chi connectivity index (χ0n) is 13.9. The number of halogens is 1. The van der Waals surface area contributed by atoms with Crippen molar-refractivity contribution in [2.75, 3.05) is 13.1 Å². The van der Waals surface area contributed by atoms with Crippen LogP contribution in [0.2, 0.25) is 0 Å². The topological polar surface area (TPSA) is 75.4 Å². The summed E-state index contributed by atoms with van der Waals surface area (Å²) in [6.07, 6.45) is 0.268. The number of hydrogen-bond acceptors (Lipinski definition) is 3. The van der Waals surface area contributed by atoms with Gasteiger partial charge in [-0.1, -0.05) is 30.3 Å². The molecule has 128 valence electrons. The quantitative estimate of drug-likeness (QED) is 0.860. The molecule has 23 heavy (non-hydrogen) atoms. The molecule has 6 heteroatoms. The number of carbonyl (C=O) groups excluding carboxylic acids is 2. The van der Waals surface area contributed by atoms with Gasteiger partial charge in [0.25, 0.3) is 0 Å². The van der Waals surface area contributed by atoms with Gasteiger partial charge in [0.05, 0.1) is 12.0 Å². The number of nitrogens with one attached hydrogen (secondary N) is 1. The molecule has 1 fully saturated rings. The number of rotatable bonds is 5. The van der Waals surface area contributed by atoms with E-state index >= 15 is 0 Å². The molecule has 0 spiro atoms. The molecule has 0 aromatic heterocycles. The van der Waals surface area contributed by atoms with Crippen molar-refractivity contribution in [1.82, 2.24) is 10.2 Å². The molecule has 5 nitrogen and oxygen atoms in total. The lowest BCUT2D eigenvalue weighted by atomic mass is 10.0. The van der Waals surface area contributed by atoms with Gasteiger partial charge < -0.3 is 16.0 Å². The van der Waals surface area contributed by atoms with Crippen LogP contribution in [0.5, 0.6) is 0 Å². The molecule has 1 aromatic carbocycles. The first-order chi connectivity index (χ1) is 10.3. The van der Waals surface area contributed by atoms with Crippen molar-refractivity contribution in [2.24, 2.45) is 11.7 Å². The van der Waals surface area contributed by atoms with Crippen molar-refractivity contribution in [2.45, 2.75) is 38.8 Å². The van der Waals surface area contributed by atoms with E-state index in [1.54, 1.807) is 4.90 Å². The number of nitrogens with zero attached hydrogens (tertiary/aromatic N) is 1. The molecule has 1 heterocycles. The first-order valence-electron chi connectivity index (χ1n) is 7.70. The maximum Gasteiger partial charge on any atom is 0.225 e.